The second kappa shape index (κ2) is 5.62. The first-order valence-electron chi connectivity index (χ1n) is 6.63. The highest BCUT2D eigenvalue weighted by atomic mass is 16.5. The third kappa shape index (κ3) is 2.67. The number of hydrogen-bond donors (Lipinski definition) is 2. The Balaban J connectivity index is 2.35. The van der Waals surface area contributed by atoms with Crippen molar-refractivity contribution in [2.75, 3.05) is 18.5 Å². The van der Waals surface area contributed by atoms with Crippen LogP contribution in [0.5, 0.6) is 0 Å². The third-order valence-electron chi connectivity index (χ3n) is 3.54. The molecule has 7 nitrogen and oxygen atoms in total. The van der Waals surface area contributed by atoms with Gasteiger partial charge in [0.05, 0.1) is 0 Å². The molecular formula is C13H19N3O4. The Bertz CT molecular complexity index is 547. The molecule has 0 aromatic carbocycles. The molecule has 110 valence electrons. The molecule has 1 aliphatic heterocycles. The molecule has 1 aromatic rings. The van der Waals surface area contributed by atoms with E-state index in [4.69, 9.17) is 4.74 Å². The highest BCUT2D eigenvalue weighted by Gasteiger charge is 2.41. The van der Waals surface area contributed by atoms with Crippen LogP contribution in [0.15, 0.2) is 17.2 Å². The maximum Gasteiger partial charge on any atom is 0.329 e. The van der Waals surface area contributed by atoms with E-state index in [2.05, 4.69) is 10.3 Å². The van der Waals surface area contributed by atoms with E-state index >= 15 is 0 Å². The van der Waals surface area contributed by atoms with E-state index in [0.29, 0.717) is 26.1 Å². The monoisotopic (exact) mass is 281 g/mol. The van der Waals surface area contributed by atoms with Crippen LogP contribution < -0.4 is 10.9 Å². The van der Waals surface area contributed by atoms with Crippen LogP contribution in [0.25, 0.3) is 0 Å². The second-order valence-electron chi connectivity index (χ2n) is 5.21. The molecule has 0 bridgehead atoms. The molecule has 20 heavy (non-hydrogen) atoms. The van der Waals surface area contributed by atoms with Crippen molar-refractivity contribution < 1.29 is 14.6 Å². The van der Waals surface area contributed by atoms with Gasteiger partial charge in [0.25, 0.3) is 5.56 Å². The maximum atomic E-state index is 12.3. The van der Waals surface area contributed by atoms with Crippen molar-refractivity contribution in [3.8, 4) is 0 Å². The van der Waals surface area contributed by atoms with E-state index in [-0.39, 0.29) is 17.4 Å². The van der Waals surface area contributed by atoms with Gasteiger partial charge in [-0.3, -0.25) is 4.79 Å². The molecule has 2 N–H and O–H groups in total. The quantitative estimate of drug-likeness (QED) is 0.850. The molecular weight excluding hydrogens is 262 g/mol. The van der Waals surface area contributed by atoms with Gasteiger partial charge in [-0.05, 0) is 13.8 Å². The van der Waals surface area contributed by atoms with Crippen LogP contribution in [0.3, 0.4) is 0 Å². The van der Waals surface area contributed by atoms with Gasteiger partial charge in [0.1, 0.15) is 5.54 Å². The minimum absolute atomic E-state index is 0.0125. The van der Waals surface area contributed by atoms with Crippen molar-refractivity contribution in [1.29, 1.82) is 0 Å². The standard InChI is InChI=1S/C13H19N3O4/c1-9(2)16-6-5-14-10(11(16)17)15-13(12(18)19)3-7-20-8-4-13/h5-6,9H,3-4,7-8H2,1-2H3,(H,14,15)(H,18,19). The van der Waals surface area contributed by atoms with Gasteiger partial charge in [-0.1, -0.05) is 0 Å². The Morgan fingerprint density at radius 1 is 1.50 bits per heavy atom. The highest BCUT2D eigenvalue weighted by Crippen LogP contribution is 2.24. The van der Waals surface area contributed by atoms with Crippen LogP contribution in [0.1, 0.15) is 32.7 Å². The Morgan fingerprint density at radius 3 is 2.70 bits per heavy atom. The van der Waals surface area contributed by atoms with Crippen molar-refractivity contribution >= 4 is 11.8 Å². The average molecular weight is 281 g/mol. The topological polar surface area (TPSA) is 93.5 Å². The van der Waals surface area contributed by atoms with E-state index in [1.807, 2.05) is 13.8 Å². The third-order valence-corrected chi connectivity index (χ3v) is 3.54. The maximum absolute atomic E-state index is 12.3. The molecule has 0 saturated carbocycles. The SMILES string of the molecule is CC(C)n1ccnc(NC2(C(=O)O)CCOCC2)c1=O. The number of carbonyl (C=O) groups is 1. The van der Waals surface area contributed by atoms with Gasteiger partial charge in [-0.2, -0.15) is 0 Å². The van der Waals surface area contributed by atoms with E-state index in [1.54, 1.807) is 6.20 Å². The molecule has 0 unspecified atom stereocenters. The van der Waals surface area contributed by atoms with Crippen LogP contribution in [-0.2, 0) is 9.53 Å². The van der Waals surface area contributed by atoms with E-state index in [1.165, 1.54) is 10.8 Å². The summed E-state index contributed by atoms with van der Waals surface area (Å²) in [5.74, 6) is -0.910. The first kappa shape index (κ1) is 14.5. The lowest BCUT2D eigenvalue weighted by atomic mass is 9.90. The summed E-state index contributed by atoms with van der Waals surface area (Å²) < 4.78 is 6.72. The molecule has 1 aliphatic rings. The van der Waals surface area contributed by atoms with E-state index in [9.17, 15) is 14.7 Å². The van der Waals surface area contributed by atoms with Gasteiger partial charge in [0.15, 0.2) is 5.82 Å². The molecule has 2 heterocycles. The Labute approximate surface area is 116 Å². The lowest BCUT2D eigenvalue weighted by Crippen LogP contribution is -2.52. The average Bonchev–Trinajstić information content (AvgIpc) is 2.41. The zero-order valence-electron chi connectivity index (χ0n) is 11.6. The molecule has 7 heteroatoms. The predicted octanol–water partition coefficient (Wildman–Crippen LogP) is 0.870. The molecule has 0 amide bonds. The van der Waals surface area contributed by atoms with Gasteiger partial charge in [-0.15, -0.1) is 0 Å². The number of nitrogens with zero attached hydrogens (tertiary/aromatic N) is 2. The van der Waals surface area contributed by atoms with Gasteiger partial charge in [0, 0.05) is 44.5 Å². The molecule has 1 aromatic heterocycles. The van der Waals surface area contributed by atoms with Crippen LogP contribution in [0, 0.1) is 0 Å². The zero-order chi connectivity index (χ0) is 14.8. The summed E-state index contributed by atoms with van der Waals surface area (Å²) in [5.41, 5.74) is -1.49. The number of aromatic nitrogens is 2. The molecule has 0 spiro atoms. The fourth-order valence-electron chi connectivity index (χ4n) is 2.26. The number of carboxylic acids is 1. The molecule has 0 atom stereocenters. The van der Waals surface area contributed by atoms with Crippen LogP contribution in [-0.4, -0.2) is 39.4 Å². The zero-order valence-corrected chi connectivity index (χ0v) is 11.6. The fraction of sp³-hybridized carbons (Fsp3) is 0.615. The van der Waals surface area contributed by atoms with Crippen LogP contribution in [0.2, 0.25) is 0 Å². The van der Waals surface area contributed by atoms with Crippen molar-refractivity contribution in [3.63, 3.8) is 0 Å². The lowest BCUT2D eigenvalue weighted by Gasteiger charge is -2.34. The molecule has 2 rings (SSSR count). The number of rotatable bonds is 4. The summed E-state index contributed by atoms with van der Waals surface area (Å²) in [5, 5.41) is 12.3. The van der Waals surface area contributed by atoms with Crippen molar-refractivity contribution in [2.45, 2.75) is 38.3 Å². The molecule has 1 saturated heterocycles. The fourth-order valence-corrected chi connectivity index (χ4v) is 2.26. The summed E-state index contributed by atoms with van der Waals surface area (Å²) in [4.78, 5) is 27.8. The second-order valence-corrected chi connectivity index (χ2v) is 5.21. The van der Waals surface area contributed by atoms with Gasteiger partial charge in [-0.25, -0.2) is 9.78 Å². The van der Waals surface area contributed by atoms with Crippen LogP contribution in [0.4, 0.5) is 5.82 Å². The minimum Gasteiger partial charge on any atom is -0.480 e. The molecule has 1 fully saturated rings. The highest BCUT2D eigenvalue weighted by molar-refractivity contribution is 5.82. The largest absolute Gasteiger partial charge is 0.480 e. The van der Waals surface area contributed by atoms with E-state index in [0.717, 1.165) is 0 Å². The lowest BCUT2D eigenvalue weighted by molar-refractivity contribution is -0.145. The number of ether oxygens (including phenoxy) is 1. The predicted molar refractivity (Wildman–Crippen MR) is 72.9 cm³/mol. The van der Waals surface area contributed by atoms with Crippen LogP contribution >= 0.6 is 0 Å². The summed E-state index contributed by atoms with van der Waals surface area (Å²) >= 11 is 0. The first-order chi connectivity index (χ1) is 9.46. The summed E-state index contributed by atoms with van der Waals surface area (Å²) in [7, 11) is 0. The van der Waals surface area contributed by atoms with Crippen molar-refractivity contribution in [1.82, 2.24) is 9.55 Å². The summed E-state index contributed by atoms with van der Waals surface area (Å²) in [6.45, 7) is 4.47. The smallest absolute Gasteiger partial charge is 0.329 e. The summed E-state index contributed by atoms with van der Waals surface area (Å²) in [6.07, 6.45) is 3.70. The Hall–Kier alpha value is -1.89. The molecule has 0 radical (unpaired) electrons. The number of aliphatic carboxylic acids is 1. The van der Waals surface area contributed by atoms with Gasteiger partial charge < -0.3 is 19.7 Å². The number of hydrogen-bond acceptors (Lipinski definition) is 5. The molecule has 0 aliphatic carbocycles. The Morgan fingerprint density at radius 2 is 2.15 bits per heavy atom. The van der Waals surface area contributed by atoms with Gasteiger partial charge in [0.2, 0.25) is 0 Å². The number of nitrogens with one attached hydrogen (secondary N) is 1. The van der Waals surface area contributed by atoms with E-state index < -0.39 is 11.5 Å². The van der Waals surface area contributed by atoms with Crippen molar-refractivity contribution in [2.24, 2.45) is 0 Å². The minimum atomic E-state index is -1.18. The normalized spacial score (nSPS) is 17.9. The number of carboxylic acid groups (broad SMARTS) is 1. The van der Waals surface area contributed by atoms with Gasteiger partial charge >= 0.3 is 5.97 Å². The number of anilines is 1. The summed E-state index contributed by atoms with van der Waals surface area (Å²) in [6, 6.07) is -0.0125. The van der Waals surface area contributed by atoms with Crippen molar-refractivity contribution in [3.05, 3.63) is 22.7 Å². The first-order valence-corrected chi connectivity index (χ1v) is 6.63. The Kier molecular flexibility index (Phi) is 4.08.